The Morgan fingerprint density at radius 1 is 1.21 bits per heavy atom. The number of rotatable bonds is 4. The van der Waals surface area contributed by atoms with Crippen LogP contribution in [-0.2, 0) is 22.3 Å². The summed E-state index contributed by atoms with van der Waals surface area (Å²) in [5.74, 6) is -1.21. The Hall–Kier alpha value is -2.68. The number of nitrogens with zero attached hydrogens (tertiary/aromatic N) is 3. The number of alkyl halides is 3. The van der Waals surface area contributed by atoms with Crippen molar-refractivity contribution in [3.8, 4) is 0 Å². The van der Waals surface area contributed by atoms with Gasteiger partial charge in [0.15, 0.2) is 5.69 Å². The Labute approximate surface area is 160 Å². The summed E-state index contributed by atoms with van der Waals surface area (Å²) in [6.07, 6.45) is -4.28. The van der Waals surface area contributed by atoms with E-state index in [0.29, 0.717) is 18.7 Å². The number of benzene rings is 1. The summed E-state index contributed by atoms with van der Waals surface area (Å²) in [4.78, 5) is 21.5. The molecular formula is C19H20F3N3O3. The maximum Gasteiger partial charge on any atom is 0.434 e. The maximum atomic E-state index is 13.5. The molecule has 0 aliphatic carbocycles. The topological polar surface area (TPSA) is 64.6 Å². The summed E-state index contributed by atoms with van der Waals surface area (Å²) in [7, 11) is 0. The highest BCUT2D eigenvalue weighted by atomic mass is 19.4. The Bertz CT molecular complexity index is 820. The molecule has 0 unspecified atom stereocenters. The summed E-state index contributed by atoms with van der Waals surface area (Å²) in [6.45, 7) is 4.22. The van der Waals surface area contributed by atoms with Crippen molar-refractivity contribution in [2.45, 2.75) is 38.8 Å². The molecule has 0 spiro atoms. The first-order chi connectivity index (χ1) is 13.2. The lowest BCUT2D eigenvalue weighted by molar-refractivity contribution is -0.141. The van der Waals surface area contributed by atoms with Gasteiger partial charge >= 0.3 is 12.1 Å². The van der Waals surface area contributed by atoms with Gasteiger partial charge in [0.05, 0.1) is 12.2 Å². The third-order valence-corrected chi connectivity index (χ3v) is 4.18. The Balaban J connectivity index is 1.83. The summed E-state index contributed by atoms with van der Waals surface area (Å²) >= 11 is 0. The summed E-state index contributed by atoms with van der Waals surface area (Å²) < 4.78 is 51.2. The standard InChI is InChI=1S/C19H20F3N3O3/c1-12-9-25(10-13(2)28-12)18-23-8-15(16(24-18)19(20,21)22)17(26)27-11-14-6-4-3-5-7-14/h3-8,12-13H,9-11H2,1-2H3/t12-,13-/m0/s1. The Morgan fingerprint density at radius 2 is 1.86 bits per heavy atom. The molecule has 9 heteroatoms. The van der Waals surface area contributed by atoms with Crippen LogP contribution in [0, 0.1) is 0 Å². The number of halogens is 3. The van der Waals surface area contributed by atoms with Gasteiger partial charge in [-0.1, -0.05) is 30.3 Å². The molecule has 0 bridgehead atoms. The highest BCUT2D eigenvalue weighted by Gasteiger charge is 2.39. The zero-order valence-electron chi connectivity index (χ0n) is 15.4. The number of carbonyl (C=O) groups excluding carboxylic acids is 1. The minimum Gasteiger partial charge on any atom is -0.457 e. The number of carbonyl (C=O) groups is 1. The monoisotopic (exact) mass is 395 g/mol. The molecule has 2 heterocycles. The first-order valence-corrected chi connectivity index (χ1v) is 8.79. The summed E-state index contributed by atoms with van der Waals surface area (Å²) in [5.41, 5.74) is -1.35. The molecule has 0 saturated carbocycles. The molecule has 1 aliphatic rings. The van der Waals surface area contributed by atoms with Gasteiger partial charge in [-0.2, -0.15) is 13.2 Å². The number of morpholine rings is 1. The Morgan fingerprint density at radius 3 is 2.46 bits per heavy atom. The molecule has 2 atom stereocenters. The van der Waals surface area contributed by atoms with E-state index in [9.17, 15) is 18.0 Å². The molecule has 2 aromatic rings. The van der Waals surface area contributed by atoms with Crippen molar-refractivity contribution in [2.75, 3.05) is 18.0 Å². The number of hydrogen-bond acceptors (Lipinski definition) is 6. The highest BCUT2D eigenvalue weighted by molar-refractivity contribution is 5.90. The van der Waals surface area contributed by atoms with E-state index in [0.717, 1.165) is 6.20 Å². The van der Waals surface area contributed by atoms with E-state index in [1.807, 2.05) is 13.8 Å². The highest BCUT2D eigenvalue weighted by Crippen LogP contribution is 2.32. The second-order valence-electron chi connectivity index (χ2n) is 6.65. The molecule has 150 valence electrons. The molecule has 1 fully saturated rings. The molecule has 1 aromatic heterocycles. The third-order valence-electron chi connectivity index (χ3n) is 4.18. The molecule has 28 heavy (non-hydrogen) atoms. The van der Waals surface area contributed by atoms with Crippen LogP contribution in [0.1, 0.15) is 35.5 Å². The maximum absolute atomic E-state index is 13.5. The zero-order valence-corrected chi connectivity index (χ0v) is 15.4. The molecule has 0 N–H and O–H groups in total. The van der Waals surface area contributed by atoms with Crippen LogP contribution in [0.4, 0.5) is 19.1 Å². The number of ether oxygens (including phenoxy) is 2. The molecule has 0 radical (unpaired) electrons. The van der Waals surface area contributed by atoms with Crippen LogP contribution in [0.25, 0.3) is 0 Å². The van der Waals surface area contributed by atoms with E-state index < -0.39 is 23.4 Å². The predicted octanol–water partition coefficient (Wildman–Crippen LogP) is 3.47. The van der Waals surface area contributed by atoms with Crippen molar-refractivity contribution >= 4 is 11.9 Å². The molecule has 1 aliphatic heterocycles. The fourth-order valence-electron chi connectivity index (χ4n) is 3.03. The van der Waals surface area contributed by atoms with Gasteiger partial charge in [-0.25, -0.2) is 14.8 Å². The largest absolute Gasteiger partial charge is 0.457 e. The fraction of sp³-hybridized carbons (Fsp3) is 0.421. The average molecular weight is 395 g/mol. The van der Waals surface area contributed by atoms with Crippen LogP contribution in [0.5, 0.6) is 0 Å². The minimum atomic E-state index is -4.82. The average Bonchev–Trinajstić information content (AvgIpc) is 2.65. The number of anilines is 1. The second-order valence-corrected chi connectivity index (χ2v) is 6.65. The summed E-state index contributed by atoms with van der Waals surface area (Å²) in [5, 5.41) is 0. The molecule has 6 nitrogen and oxygen atoms in total. The summed E-state index contributed by atoms with van der Waals surface area (Å²) in [6, 6.07) is 8.68. The SMILES string of the molecule is C[C@H]1CN(c2ncc(C(=O)OCc3ccccc3)c(C(F)(F)F)n2)C[C@H](C)O1. The van der Waals surface area contributed by atoms with Crippen molar-refractivity contribution in [3.63, 3.8) is 0 Å². The van der Waals surface area contributed by atoms with Gasteiger partial charge in [-0.15, -0.1) is 0 Å². The molecular weight excluding hydrogens is 375 g/mol. The van der Waals surface area contributed by atoms with Crippen LogP contribution in [0.2, 0.25) is 0 Å². The van der Waals surface area contributed by atoms with E-state index in [-0.39, 0.29) is 24.8 Å². The van der Waals surface area contributed by atoms with Gasteiger partial charge < -0.3 is 14.4 Å². The van der Waals surface area contributed by atoms with Crippen molar-refractivity contribution < 1.29 is 27.4 Å². The van der Waals surface area contributed by atoms with Gasteiger partial charge in [0.25, 0.3) is 0 Å². The number of esters is 1. The quantitative estimate of drug-likeness (QED) is 0.739. The molecule has 1 aromatic carbocycles. The van der Waals surface area contributed by atoms with Crippen molar-refractivity contribution in [1.29, 1.82) is 0 Å². The molecule has 1 saturated heterocycles. The predicted molar refractivity (Wildman–Crippen MR) is 94.8 cm³/mol. The van der Waals surface area contributed by atoms with Crippen LogP contribution in [0.15, 0.2) is 36.5 Å². The third kappa shape index (κ3) is 4.78. The van der Waals surface area contributed by atoms with E-state index in [2.05, 4.69) is 9.97 Å². The van der Waals surface area contributed by atoms with Crippen LogP contribution in [0.3, 0.4) is 0 Å². The first kappa shape index (κ1) is 20.1. The fourth-order valence-corrected chi connectivity index (χ4v) is 3.03. The number of aromatic nitrogens is 2. The second kappa shape index (κ2) is 8.14. The Kier molecular flexibility index (Phi) is 5.83. The van der Waals surface area contributed by atoms with E-state index in [4.69, 9.17) is 9.47 Å². The molecule has 0 amide bonds. The van der Waals surface area contributed by atoms with Crippen LogP contribution in [-0.4, -0.2) is 41.2 Å². The number of hydrogen-bond donors (Lipinski definition) is 0. The van der Waals surface area contributed by atoms with Crippen molar-refractivity contribution in [2.24, 2.45) is 0 Å². The van der Waals surface area contributed by atoms with E-state index in [1.54, 1.807) is 35.2 Å². The zero-order chi connectivity index (χ0) is 20.3. The lowest BCUT2D eigenvalue weighted by Gasteiger charge is -2.35. The van der Waals surface area contributed by atoms with Crippen molar-refractivity contribution in [1.82, 2.24) is 9.97 Å². The minimum absolute atomic E-state index is 0.0889. The van der Waals surface area contributed by atoms with E-state index in [1.165, 1.54) is 0 Å². The van der Waals surface area contributed by atoms with Crippen LogP contribution >= 0.6 is 0 Å². The van der Waals surface area contributed by atoms with Gasteiger partial charge in [0.1, 0.15) is 12.2 Å². The van der Waals surface area contributed by atoms with Gasteiger partial charge in [-0.3, -0.25) is 0 Å². The van der Waals surface area contributed by atoms with Crippen molar-refractivity contribution in [3.05, 3.63) is 53.3 Å². The van der Waals surface area contributed by atoms with E-state index >= 15 is 0 Å². The lowest BCUT2D eigenvalue weighted by Crippen LogP contribution is -2.46. The van der Waals surface area contributed by atoms with Crippen LogP contribution < -0.4 is 4.90 Å². The first-order valence-electron chi connectivity index (χ1n) is 8.79. The van der Waals surface area contributed by atoms with Gasteiger partial charge in [0.2, 0.25) is 5.95 Å². The lowest BCUT2D eigenvalue weighted by atomic mass is 10.2. The normalized spacial score (nSPS) is 20.1. The van der Waals surface area contributed by atoms with Gasteiger partial charge in [0, 0.05) is 19.3 Å². The smallest absolute Gasteiger partial charge is 0.434 e. The molecule has 3 rings (SSSR count). The van der Waals surface area contributed by atoms with Gasteiger partial charge in [-0.05, 0) is 19.4 Å².